The van der Waals surface area contributed by atoms with Crippen molar-refractivity contribution in [3.05, 3.63) is 11.8 Å². The summed E-state index contributed by atoms with van der Waals surface area (Å²) in [5.74, 6) is 0.601. The number of halogens is 1. The van der Waals surface area contributed by atoms with E-state index in [9.17, 15) is 0 Å². The van der Waals surface area contributed by atoms with E-state index in [2.05, 4.69) is 20.4 Å². The quantitative estimate of drug-likeness (QED) is 0.397. The molecule has 0 bridgehead atoms. The van der Waals surface area contributed by atoms with Crippen molar-refractivity contribution in [2.24, 2.45) is 5.92 Å². The van der Waals surface area contributed by atoms with E-state index in [1.807, 2.05) is 0 Å². The maximum absolute atomic E-state index is 5.59. The molecule has 0 amide bonds. The van der Waals surface area contributed by atoms with Gasteiger partial charge in [-0.25, -0.2) is 0 Å². The SMILES string of the molecule is C=C([SiH2]Cl)C(C)C. The van der Waals surface area contributed by atoms with Gasteiger partial charge >= 0.3 is 0 Å². The lowest BCUT2D eigenvalue weighted by atomic mass is 10.2. The summed E-state index contributed by atoms with van der Waals surface area (Å²) in [5, 5.41) is 1.25. The van der Waals surface area contributed by atoms with Crippen LogP contribution < -0.4 is 0 Å². The van der Waals surface area contributed by atoms with Gasteiger partial charge in [-0.05, 0) is 5.92 Å². The van der Waals surface area contributed by atoms with Gasteiger partial charge in [-0.1, -0.05) is 19.0 Å². The minimum Gasteiger partial charge on any atom is -0.170 e. The monoisotopic (exact) mass is 134 g/mol. The largest absolute Gasteiger partial charge is 0.170 e. The van der Waals surface area contributed by atoms with Crippen LogP contribution in [0.2, 0.25) is 0 Å². The molecule has 0 nitrogen and oxygen atoms in total. The fourth-order valence-electron chi connectivity index (χ4n) is 0.154. The Morgan fingerprint density at radius 1 is 1.71 bits per heavy atom. The Hall–Kier alpha value is 0.247. The Balaban J connectivity index is 3.35. The lowest BCUT2D eigenvalue weighted by Crippen LogP contribution is -1.94. The molecule has 7 heavy (non-hydrogen) atoms. The third kappa shape index (κ3) is 2.89. The second-order valence-corrected chi connectivity index (χ2v) is 3.92. The van der Waals surface area contributed by atoms with Crippen LogP contribution in [0.1, 0.15) is 13.8 Å². The summed E-state index contributed by atoms with van der Waals surface area (Å²) in [5.41, 5.74) is 0. The van der Waals surface area contributed by atoms with Crippen LogP contribution in [0, 0.1) is 5.92 Å². The predicted octanol–water partition coefficient (Wildman–Crippen LogP) is 1.48. The van der Waals surface area contributed by atoms with Crippen LogP contribution in [0.4, 0.5) is 0 Å². The summed E-state index contributed by atoms with van der Waals surface area (Å²) in [7, 11) is -0.431. The van der Waals surface area contributed by atoms with E-state index in [-0.39, 0.29) is 0 Å². The average molecular weight is 135 g/mol. The molecule has 0 aromatic rings. The molecule has 42 valence electrons. The van der Waals surface area contributed by atoms with Crippen LogP contribution in [0.5, 0.6) is 0 Å². The normalized spacial score (nSPS) is 11.4. The third-order valence-corrected chi connectivity index (χ3v) is 3.18. The molecule has 0 heterocycles. The summed E-state index contributed by atoms with van der Waals surface area (Å²) in [6.45, 7) is 8.05. The van der Waals surface area contributed by atoms with E-state index in [0.29, 0.717) is 5.92 Å². The van der Waals surface area contributed by atoms with Crippen LogP contribution in [-0.4, -0.2) is 8.83 Å². The van der Waals surface area contributed by atoms with E-state index in [4.69, 9.17) is 11.1 Å². The van der Waals surface area contributed by atoms with E-state index in [1.54, 1.807) is 0 Å². The molecule has 0 N–H and O–H groups in total. The first-order valence-electron chi connectivity index (χ1n) is 2.42. The molecule has 0 aromatic carbocycles. The van der Waals surface area contributed by atoms with Gasteiger partial charge in [0, 0.05) is 0 Å². The van der Waals surface area contributed by atoms with Gasteiger partial charge in [0.15, 0.2) is 8.83 Å². The zero-order chi connectivity index (χ0) is 5.86. The highest BCUT2D eigenvalue weighted by Crippen LogP contribution is 2.04. The van der Waals surface area contributed by atoms with Crippen LogP contribution in [0.15, 0.2) is 11.8 Å². The molecular weight excluding hydrogens is 124 g/mol. The summed E-state index contributed by atoms with van der Waals surface area (Å²) in [6.07, 6.45) is 0. The highest BCUT2D eigenvalue weighted by molar-refractivity contribution is 6.97. The Morgan fingerprint density at radius 3 is 2.14 bits per heavy atom. The standard InChI is InChI=1S/C5H11ClSi/c1-4(2)5(3)7-6/h4H,3,7H2,1-2H3. The molecule has 2 heteroatoms. The van der Waals surface area contributed by atoms with Gasteiger partial charge in [-0.3, -0.25) is 0 Å². The first-order valence-corrected chi connectivity index (χ1v) is 5.26. The van der Waals surface area contributed by atoms with Crippen molar-refractivity contribution in [1.29, 1.82) is 0 Å². The molecule has 0 aromatic heterocycles. The summed E-state index contributed by atoms with van der Waals surface area (Å²) < 4.78 is 0. The molecule has 0 saturated carbocycles. The van der Waals surface area contributed by atoms with Gasteiger partial charge in [0.2, 0.25) is 0 Å². The van der Waals surface area contributed by atoms with Crippen molar-refractivity contribution in [1.82, 2.24) is 0 Å². The number of hydrogen-bond donors (Lipinski definition) is 0. The van der Waals surface area contributed by atoms with Crippen molar-refractivity contribution in [2.75, 3.05) is 0 Å². The van der Waals surface area contributed by atoms with E-state index in [0.717, 1.165) is 0 Å². The molecule has 0 rings (SSSR count). The Kier molecular flexibility index (Phi) is 3.39. The summed E-state index contributed by atoms with van der Waals surface area (Å²) >= 11 is 5.59. The first kappa shape index (κ1) is 7.25. The highest BCUT2D eigenvalue weighted by atomic mass is 35.6. The molecular formula is C5H11ClSi. The fraction of sp³-hybridized carbons (Fsp3) is 0.600. The second-order valence-electron chi connectivity index (χ2n) is 1.95. The van der Waals surface area contributed by atoms with Crippen molar-refractivity contribution >= 4 is 19.9 Å². The highest BCUT2D eigenvalue weighted by Gasteiger charge is 1.95. The summed E-state index contributed by atoms with van der Waals surface area (Å²) in [6, 6.07) is 0. The van der Waals surface area contributed by atoms with Crippen LogP contribution in [0.3, 0.4) is 0 Å². The Morgan fingerprint density at radius 2 is 2.14 bits per heavy atom. The number of rotatable bonds is 2. The van der Waals surface area contributed by atoms with Gasteiger partial charge in [0.1, 0.15) is 0 Å². The van der Waals surface area contributed by atoms with Crippen molar-refractivity contribution in [2.45, 2.75) is 13.8 Å². The van der Waals surface area contributed by atoms with Gasteiger partial charge in [0.25, 0.3) is 0 Å². The van der Waals surface area contributed by atoms with Crippen LogP contribution in [-0.2, 0) is 0 Å². The number of allylic oxidation sites excluding steroid dienone is 1. The van der Waals surface area contributed by atoms with Gasteiger partial charge in [0.05, 0.1) is 0 Å². The van der Waals surface area contributed by atoms with Crippen LogP contribution >= 0.6 is 11.1 Å². The minimum atomic E-state index is -0.431. The van der Waals surface area contributed by atoms with Gasteiger partial charge in [-0.15, -0.1) is 6.58 Å². The smallest absolute Gasteiger partial charge is 0.151 e. The summed E-state index contributed by atoms with van der Waals surface area (Å²) in [4.78, 5) is 0. The molecule has 0 radical (unpaired) electrons. The van der Waals surface area contributed by atoms with E-state index >= 15 is 0 Å². The minimum absolute atomic E-state index is 0.431. The third-order valence-electron chi connectivity index (χ3n) is 0.988. The molecule has 0 aliphatic carbocycles. The predicted molar refractivity (Wildman–Crippen MR) is 38.4 cm³/mol. The van der Waals surface area contributed by atoms with Crippen molar-refractivity contribution < 1.29 is 0 Å². The molecule has 0 atom stereocenters. The molecule has 0 fully saturated rings. The van der Waals surface area contributed by atoms with E-state index < -0.39 is 8.83 Å². The lowest BCUT2D eigenvalue weighted by molar-refractivity contribution is 0.815. The molecule has 0 unspecified atom stereocenters. The zero-order valence-corrected chi connectivity index (χ0v) is 7.04. The van der Waals surface area contributed by atoms with E-state index in [1.165, 1.54) is 5.20 Å². The molecule has 0 saturated heterocycles. The second kappa shape index (κ2) is 3.27. The average Bonchev–Trinajstić information content (AvgIpc) is 1.65. The van der Waals surface area contributed by atoms with Crippen LogP contribution in [0.25, 0.3) is 0 Å². The molecule has 0 aliphatic rings. The van der Waals surface area contributed by atoms with Gasteiger partial charge < -0.3 is 0 Å². The molecule has 0 aliphatic heterocycles. The lowest BCUT2D eigenvalue weighted by Gasteiger charge is -2.01. The maximum atomic E-state index is 5.59. The number of hydrogen-bond acceptors (Lipinski definition) is 0. The van der Waals surface area contributed by atoms with Crippen molar-refractivity contribution in [3.8, 4) is 0 Å². The fourth-order valence-corrected chi connectivity index (χ4v) is 1.39. The maximum Gasteiger partial charge on any atom is 0.151 e. The van der Waals surface area contributed by atoms with Gasteiger partial charge in [-0.2, -0.15) is 11.1 Å². The Bertz CT molecular complexity index is 68.5. The topological polar surface area (TPSA) is 0 Å². The zero-order valence-electron chi connectivity index (χ0n) is 4.87. The molecule has 0 spiro atoms. The van der Waals surface area contributed by atoms with Crippen molar-refractivity contribution in [3.63, 3.8) is 0 Å². The Labute approximate surface area is 52.1 Å². The first-order chi connectivity index (χ1) is 3.18.